The first-order valence-electron chi connectivity index (χ1n) is 13.4. The molecule has 2 aliphatic heterocycles. The maximum absolute atomic E-state index is 13.7. The number of ether oxygens (including phenoxy) is 1. The molecule has 2 saturated heterocycles. The number of halogens is 2. The van der Waals surface area contributed by atoms with Crippen LogP contribution in [0.1, 0.15) is 56.1 Å². The van der Waals surface area contributed by atoms with E-state index >= 15 is 0 Å². The Balaban J connectivity index is 1.29. The Hall–Kier alpha value is -2.82. The fourth-order valence-corrected chi connectivity index (χ4v) is 6.20. The number of likely N-dealkylation sites (tertiary alicyclic amines) is 2. The maximum atomic E-state index is 13.7. The van der Waals surface area contributed by atoms with Crippen LogP contribution in [0, 0.1) is 29.1 Å². The first-order valence-corrected chi connectivity index (χ1v) is 14.1. The van der Waals surface area contributed by atoms with E-state index in [1.807, 2.05) is 28.9 Å². The highest BCUT2D eigenvalue weighted by molar-refractivity contribution is 6.42. The maximum Gasteiger partial charge on any atom is 0.225 e. The van der Waals surface area contributed by atoms with E-state index in [2.05, 4.69) is 11.1 Å². The number of nitrogens with zero attached hydrogens (tertiary/aromatic N) is 4. The summed E-state index contributed by atoms with van der Waals surface area (Å²) in [6.45, 7) is 4.43. The summed E-state index contributed by atoms with van der Waals surface area (Å²) >= 11 is 12.5. The van der Waals surface area contributed by atoms with E-state index in [9.17, 15) is 9.59 Å². The Kier molecular flexibility index (Phi) is 8.11. The van der Waals surface area contributed by atoms with Crippen LogP contribution in [-0.2, 0) is 9.59 Å². The van der Waals surface area contributed by atoms with Crippen molar-refractivity contribution in [2.75, 3.05) is 26.2 Å². The number of pyridine rings is 1. The molecule has 2 aromatic rings. The lowest BCUT2D eigenvalue weighted by atomic mass is 9.83. The summed E-state index contributed by atoms with van der Waals surface area (Å²) < 4.78 is 6.19. The number of amides is 2. The van der Waals surface area contributed by atoms with Crippen molar-refractivity contribution >= 4 is 35.0 Å². The smallest absolute Gasteiger partial charge is 0.225 e. The van der Waals surface area contributed by atoms with Gasteiger partial charge < -0.3 is 14.5 Å². The summed E-state index contributed by atoms with van der Waals surface area (Å²) in [6.07, 6.45) is 5.81. The summed E-state index contributed by atoms with van der Waals surface area (Å²) in [6, 6.07) is 11.1. The molecule has 3 fully saturated rings. The second kappa shape index (κ2) is 11.5. The van der Waals surface area contributed by atoms with E-state index in [4.69, 9.17) is 33.2 Å². The minimum absolute atomic E-state index is 0.00826. The van der Waals surface area contributed by atoms with Gasteiger partial charge in [0.1, 0.15) is 12.2 Å². The Morgan fingerprint density at radius 3 is 2.32 bits per heavy atom. The van der Waals surface area contributed by atoms with Crippen LogP contribution < -0.4 is 4.74 Å². The molecule has 38 heavy (non-hydrogen) atoms. The molecule has 1 saturated carbocycles. The van der Waals surface area contributed by atoms with Crippen molar-refractivity contribution in [3.05, 3.63) is 57.7 Å². The summed E-state index contributed by atoms with van der Waals surface area (Å²) in [5.74, 6) is 1.00. The molecule has 5 rings (SSSR count). The van der Waals surface area contributed by atoms with Gasteiger partial charge in [0.15, 0.2) is 0 Å². The summed E-state index contributed by atoms with van der Waals surface area (Å²) in [7, 11) is 0. The standard InChI is InChI=1S/C29H32Cl2N4O3/c1-18(38-27-8-5-19(14-32)15-33-27)23-16-35(17-24(23)22-6-7-25(30)26(31)13-22)29(37)21-9-11-34(12-10-21)28(36)20-3-2-4-20/h5-8,13,15,18,20-21,23-24H,2-4,9-12,16-17H2,1H3/t18-,23?,24+/m0/s1. The number of rotatable bonds is 6. The lowest BCUT2D eigenvalue weighted by molar-refractivity contribution is -0.143. The lowest BCUT2D eigenvalue weighted by Crippen LogP contribution is -2.46. The molecule has 1 unspecified atom stereocenters. The monoisotopic (exact) mass is 554 g/mol. The predicted molar refractivity (Wildman–Crippen MR) is 145 cm³/mol. The van der Waals surface area contributed by atoms with Gasteiger partial charge in [-0.15, -0.1) is 0 Å². The fourth-order valence-electron chi connectivity index (χ4n) is 5.89. The zero-order valence-electron chi connectivity index (χ0n) is 21.5. The molecular formula is C29H32Cl2N4O3. The van der Waals surface area contributed by atoms with Gasteiger partial charge in [-0.25, -0.2) is 4.98 Å². The van der Waals surface area contributed by atoms with E-state index in [-0.39, 0.29) is 41.6 Å². The van der Waals surface area contributed by atoms with Crippen LogP contribution in [0.3, 0.4) is 0 Å². The first-order chi connectivity index (χ1) is 18.3. The Bertz CT molecular complexity index is 1220. The van der Waals surface area contributed by atoms with Gasteiger partial charge in [0.05, 0.1) is 15.6 Å². The molecule has 3 heterocycles. The van der Waals surface area contributed by atoms with Crippen LogP contribution in [0.5, 0.6) is 5.88 Å². The molecule has 3 atom stereocenters. The lowest BCUT2D eigenvalue weighted by Gasteiger charge is -2.37. The summed E-state index contributed by atoms with van der Waals surface area (Å²) in [5.41, 5.74) is 1.49. The number of benzene rings is 1. The van der Waals surface area contributed by atoms with Crippen LogP contribution in [-0.4, -0.2) is 58.9 Å². The predicted octanol–water partition coefficient (Wildman–Crippen LogP) is 5.31. The van der Waals surface area contributed by atoms with Crippen molar-refractivity contribution in [3.8, 4) is 11.9 Å². The number of piperidine rings is 1. The third-order valence-electron chi connectivity index (χ3n) is 8.43. The zero-order chi connectivity index (χ0) is 26.8. The molecule has 0 spiro atoms. The quantitative estimate of drug-likeness (QED) is 0.483. The molecule has 0 N–H and O–H groups in total. The molecule has 3 aliphatic rings. The normalized spacial score (nSPS) is 23.0. The first kappa shape index (κ1) is 26.8. The Morgan fingerprint density at radius 2 is 1.71 bits per heavy atom. The van der Waals surface area contributed by atoms with Gasteiger partial charge in [-0.3, -0.25) is 9.59 Å². The van der Waals surface area contributed by atoms with E-state index in [0.29, 0.717) is 60.5 Å². The van der Waals surface area contributed by atoms with E-state index in [1.54, 1.807) is 18.2 Å². The zero-order valence-corrected chi connectivity index (χ0v) is 23.0. The van der Waals surface area contributed by atoms with Gasteiger partial charge in [0, 0.05) is 62.1 Å². The highest BCUT2D eigenvalue weighted by Crippen LogP contribution is 2.39. The largest absolute Gasteiger partial charge is 0.474 e. The number of nitriles is 1. The van der Waals surface area contributed by atoms with Gasteiger partial charge in [0.25, 0.3) is 0 Å². The van der Waals surface area contributed by atoms with Crippen molar-refractivity contribution in [1.29, 1.82) is 5.26 Å². The van der Waals surface area contributed by atoms with E-state index < -0.39 is 0 Å². The van der Waals surface area contributed by atoms with Crippen LogP contribution in [0.15, 0.2) is 36.5 Å². The van der Waals surface area contributed by atoms with Gasteiger partial charge in [-0.05, 0) is 56.4 Å². The molecule has 0 radical (unpaired) electrons. The number of carbonyl (C=O) groups is 2. The van der Waals surface area contributed by atoms with Crippen molar-refractivity contribution in [2.24, 2.45) is 17.8 Å². The van der Waals surface area contributed by atoms with E-state index in [1.165, 1.54) is 6.20 Å². The van der Waals surface area contributed by atoms with Crippen LogP contribution in [0.4, 0.5) is 0 Å². The molecular weight excluding hydrogens is 523 g/mol. The second-order valence-electron chi connectivity index (χ2n) is 10.7. The van der Waals surface area contributed by atoms with Crippen LogP contribution in [0.25, 0.3) is 0 Å². The minimum atomic E-state index is -0.241. The summed E-state index contributed by atoms with van der Waals surface area (Å²) in [4.78, 5) is 34.5. The third kappa shape index (κ3) is 5.62. The fraction of sp³-hybridized carbons (Fsp3) is 0.517. The molecule has 9 heteroatoms. The van der Waals surface area contributed by atoms with Gasteiger partial charge in [0.2, 0.25) is 17.7 Å². The van der Waals surface area contributed by atoms with Crippen LogP contribution in [0.2, 0.25) is 10.0 Å². The minimum Gasteiger partial charge on any atom is -0.474 e. The number of aromatic nitrogens is 1. The van der Waals surface area contributed by atoms with Crippen molar-refractivity contribution in [1.82, 2.24) is 14.8 Å². The average Bonchev–Trinajstić information content (AvgIpc) is 3.35. The Labute approximate surface area is 233 Å². The Morgan fingerprint density at radius 1 is 1.00 bits per heavy atom. The van der Waals surface area contributed by atoms with Crippen LogP contribution >= 0.6 is 23.2 Å². The number of hydrogen-bond acceptors (Lipinski definition) is 5. The molecule has 2 amide bonds. The average molecular weight is 556 g/mol. The van der Waals surface area contributed by atoms with Gasteiger partial charge >= 0.3 is 0 Å². The van der Waals surface area contributed by atoms with Crippen molar-refractivity contribution < 1.29 is 14.3 Å². The topological polar surface area (TPSA) is 86.5 Å². The third-order valence-corrected chi connectivity index (χ3v) is 9.17. The number of carbonyl (C=O) groups excluding carboxylic acids is 2. The van der Waals surface area contributed by atoms with E-state index in [0.717, 1.165) is 24.8 Å². The molecule has 7 nitrogen and oxygen atoms in total. The highest BCUT2D eigenvalue weighted by atomic mass is 35.5. The van der Waals surface area contributed by atoms with Crippen molar-refractivity contribution in [2.45, 2.75) is 51.0 Å². The van der Waals surface area contributed by atoms with Gasteiger partial charge in [-0.1, -0.05) is 35.7 Å². The number of hydrogen-bond donors (Lipinski definition) is 0. The highest BCUT2D eigenvalue weighted by Gasteiger charge is 2.43. The SMILES string of the molecule is C[C@H](Oc1ccc(C#N)cn1)C1CN(C(=O)C2CCN(C(=O)C3CCC3)CC2)C[C@@H]1c1ccc(Cl)c(Cl)c1. The summed E-state index contributed by atoms with van der Waals surface area (Å²) in [5, 5.41) is 10.0. The molecule has 0 bridgehead atoms. The van der Waals surface area contributed by atoms with Gasteiger partial charge in [-0.2, -0.15) is 5.26 Å². The molecule has 1 aromatic heterocycles. The molecule has 200 valence electrons. The molecule has 1 aromatic carbocycles. The van der Waals surface area contributed by atoms with Crippen molar-refractivity contribution in [3.63, 3.8) is 0 Å². The second-order valence-corrected chi connectivity index (χ2v) is 11.5. The molecule has 1 aliphatic carbocycles.